The van der Waals surface area contributed by atoms with E-state index in [0.29, 0.717) is 16.5 Å². The molecule has 0 spiro atoms. The van der Waals surface area contributed by atoms with Gasteiger partial charge >= 0.3 is 0 Å². The van der Waals surface area contributed by atoms with E-state index in [2.05, 4.69) is 41.3 Å². The Kier molecular flexibility index (Phi) is 5.20. The number of furan rings is 1. The van der Waals surface area contributed by atoms with E-state index in [1.807, 2.05) is 32.0 Å². The van der Waals surface area contributed by atoms with Gasteiger partial charge in [0.25, 0.3) is 5.91 Å². The van der Waals surface area contributed by atoms with Gasteiger partial charge in [0, 0.05) is 11.1 Å². The molecular formula is C23H23N3O2S. The van der Waals surface area contributed by atoms with Crippen LogP contribution >= 0.6 is 11.3 Å². The summed E-state index contributed by atoms with van der Waals surface area (Å²) in [7, 11) is 0. The molecule has 0 aliphatic rings. The van der Waals surface area contributed by atoms with Gasteiger partial charge < -0.3 is 9.73 Å². The lowest BCUT2D eigenvalue weighted by Gasteiger charge is -2.14. The van der Waals surface area contributed by atoms with E-state index in [1.54, 1.807) is 6.26 Å². The van der Waals surface area contributed by atoms with Crippen molar-refractivity contribution in [2.75, 3.05) is 5.32 Å². The molecule has 3 aromatic heterocycles. The Bertz CT molecular complexity index is 1170. The molecule has 6 heteroatoms. The molecule has 0 bridgehead atoms. The van der Waals surface area contributed by atoms with Crippen molar-refractivity contribution < 1.29 is 9.21 Å². The number of para-hydroxylation sites is 1. The van der Waals surface area contributed by atoms with Crippen LogP contribution in [0.4, 0.5) is 5.69 Å². The zero-order chi connectivity index (χ0) is 20.5. The quantitative estimate of drug-likeness (QED) is 0.446. The molecule has 1 aromatic carbocycles. The number of amides is 1. The first-order valence-corrected chi connectivity index (χ1v) is 10.6. The van der Waals surface area contributed by atoms with Gasteiger partial charge in [0.1, 0.15) is 4.83 Å². The van der Waals surface area contributed by atoms with Crippen LogP contribution in [0, 0.1) is 13.8 Å². The van der Waals surface area contributed by atoms with E-state index < -0.39 is 0 Å². The molecule has 0 saturated carbocycles. The van der Waals surface area contributed by atoms with Crippen molar-refractivity contribution in [1.29, 1.82) is 0 Å². The molecule has 4 rings (SSSR count). The van der Waals surface area contributed by atoms with Crippen LogP contribution in [0.15, 0.2) is 41.0 Å². The summed E-state index contributed by atoms with van der Waals surface area (Å²) in [6, 6.07) is 9.83. The minimum atomic E-state index is -0.0972. The number of hydrogen-bond donors (Lipinski definition) is 1. The highest BCUT2D eigenvalue weighted by Crippen LogP contribution is 2.34. The smallest absolute Gasteiger partial charge is 0.266 e. The second-order valence-corrected chi connectivity index (χ2v) is 7.96. The van der Waals surface area contributed by atoms with Crippen molar-refractivity contribution in [2.24, 2.45) is 0 Å². The molecule has 148 valence electrons. The highest BCUT2D eigenvalue weighted by Gasteiger charge is 2.21. The van der Waals surface area contributed by atoms with Crippen LogP contribution in [0.1, 0.15) is 45.9 Å². The Labute approximate surface area is 173 Å². The number of anilines is 1. The van der Waals surface area contributed by atoms with Crippen molar-refractivity contribution >= 4 is 33.1 Å². The topological polar surface area (TPSA) is 68.0 Å². The van der Waals surface area contributed by atoms with E-state index in [1.165, 1.54) is 11.3 Å². The van der Waals surface area contributed by atoms with Crippen LogP contribution in [0.5, 0.6) is 0 Å². The molecule has 0 aliphatic heterocycles. The fourth-order valence-corrected chi connectivity index (χ4v) is 4.77. The molecule has 3 heterocycles. The first-order chi connectivity index (χ1) is 14.0. The average molecular weight is 406 g/mol. The summed E-state index contributed by atoms with van der Waals surface area (Å²) >= 11 is 1.40. The van der Waals surface area contributed by atoms with Gasteiger partial charge in [-0.05, 0) is 55.5 Å². The minimum Gasteiger partial charge on any atom is -0.461 e. The van der Waals surface area contributed by atoms with Crippen LogP contribution in [-0.4, -0.2) is 15.9 Å². The summed E-state index contributed by atoms with van der Waals surface area (Å²) in [4.78, 5) is 23.9. The number of nitrogens with zero attached hydrogens (tertiary/aromatic N) is 2. The fourth-order valence-electron chi connectivity index (χ4n) is 3.65. The molecule has 0 aliphatic carbocycles. The average Bonchev–Trinajstić information content (AvgIpc) is 3.36. The number of benzene rings is 1. The maximum atomic E-state index is 13.2. The predicted molar refractivity (Wildman–Crippen MR) is 118 cm³/mol. The van der Waals surface area contributed by atoms with E-state index in [9.17, 15) is 4.79 Å². The van der Waals surface area contributed by atoms with E-state index >= 15 is 0 Å². The van der Waals surface area contributed by atoms with Crippen molar-refractivity contribution in [3.63, 3.8) is 0 Å². The van der Waals surface area contributed by atoms with E-state index in [4.69, 9.17) is 4.42 Å². The van der Waals surface area contributed by atoms with Crippen LogP contribution in [-0.2, 0) is 12.8 Å². The molecule has 1 amide bonds. The maximum absolute atomic E-state index is 13.2. The van der Waals surface area contributed by atoms with Crippen LogP contribution in [0.25, 0.3) is 21.8 Å². The van der Waals surface area contributed by atoms with Gasteiger partial charge in [-0.1, -0.05) is 32.0 Å². The number of carbonyl (C=O) groups excluding carboxylic acids is 1. The van der Waals surface area contributed by atoms with Crippen molar-refractivity contribution in [3.8, 4) is 11.6 Å². The van der Waals surface area contributed by atoms with Gasteiger partial charge in [0.2, 0.25) is 0 Å². The fraction of sp³-hybridized carbons (Fsp3) is 0.261. The maximum Gasteiger partial charge on any atom is 0.266 e. The Morgan fingerprint density at radius 2 is 1.79 bits per heavy atom. The number of nitrogens with one attached hydrogen (secondary N) is 1. The number of aryl methyl sites for hydroxylation is 4. The third-order valence-electron chi connectivity index (χ3n) is 5.16. The van der Waals surface area contributed by atoms with Crippen molar-refractivity contribution in [2.45, 2.75) is 40.5 Å². The first-order valence-electron chi connectivity index (χ1n) is 9.77. The second-order valence-electron chi connectivity index (χ2n) is 6.96. The minimum absolute atomic E-state index is 0.0972. The molecule has 0 radical (unpaired) electrons. The zero-order valence-corrected chi connectivity index (χ0v) is 17.8. The van der Waals surface area contributed by atoms with Gasteiger partial charge in [-0.15, -0.1) is 11.3 Å². The molecule has 29 heavy (non-hydrogen) atoms. The molecule has 0 unspecified atom stereocenters. The summed E-state index contributed by atoms with van der Waals surface area (Å²) < 4.78 is 5.44. The van der Waals surface area contributed by atoms with Gasteiger partial charge in [0.05, 0.1) is 16.8 Å². The lowest BCUT2D eigenvalue weighted by molar-refractivity contribution is 0.103. The Balaban J connectivity index is 1.76. The highest BCUT2D eigenvalue weighted by molar-refractivity contribution is 7.20. The van der Waals surface area contributed by atoms with Crippen LogP contribution in [0.3, 0.4) is 0 Å². The molecule has 4 aromatic rings. The Morgan fingerprint density at radius 1 is 1.07 bits per heavy atom. The largest absolute Gasteiger partial charge is 0.461 e. The second kappa shape index (κ2) is 7.79. The molecule has 5 nitrogen and oxygen atoms in total. The highest BCUT2D eigenvalue weighted by atomic mass is 32.1. The van der Waals surface area contributed by atoms with Gasteiger partial charge in [-0.2, -0.15) is 0 Å². The van der Waals surface area contributed by atoms with E-state index in [0.717, 1.165) is 51.1 Å². The lowest BCUT2D eigenvalue weighted by Crippen LogP contribution is -2.14. The zero-order valence-electron chi connectivity index (χ0n) is 17.0. The lowest BCUT2D eigenvalue weighted by atomic mass is 10.0. The Morgan fingerprint density at radius 3 is 2.41 bits per heavy atom. The molecular weight excluding hydrogens is 382 g/mol. The number of rotatable bonds is 5. The van der Waals surface area contributed by atoms with E-state index in [-0.39, 0.29) is 5.91 Å². The normalized spacial score (nSPS) is 11.2. The number of aromatic nitrogens is 2. The first kappa shape index (κ1) is 19.3. The summed E-state index contributed by atoms with van der Waals surface area (Å²) in [6.45, 7) is 8.11. The summed E-state index contributed by atoms with van der Waals surface area (Å²) in [5.41, 5.74) is 4.98. The SMILES string of the molecule is CCc1cccc(CC)c1NC(=O)c1sc2nc(-c3ccco3)nc(C)c2c1C. The van der Waals surface area contributed by atoms with Gasteiger partial charge in [-0.3, -0.25) is 4.79 Å². The van der Waals surface area contributed by atoms with Crippen LogP contribution in [0.2, 0.25) is 0 Å². The molecule has 0 saturated heterocycles. The van der Waals surface area contributed by atoms with Crippen molar-refractivity contribution in [3.05, 3.63) is 63.9 Å². The van der Waals surface area contributed by atoms with Gasteiger partial charge in [0.15, 0.2) is 11.6 Å². The van der Waals surface area contributed by atoms with Crippen LogP contribution < -0.4 is 5.32 Å². The van der Waals surface area contributed by atoms with Gasteiger partial charge in [-0.25, -0.2) is 9.97 Å². The number of carbonyl (C=O) groups is 1. The molecule has 1 N–H and O–H groups in total. The summed E-state index contributed by atoms with van der Waals surface area (Å²) in [6.07, 6.45) is 3.34. The molecule has 0 fully saturated rings. The number of thiophene rings is 1. The number of hydrogen-bond acceptors (Lipinski definition) is 5. The third-order valence-corrected chi connectivity index (χ3v) is 6.34. The monoisotopic (exact) mass is 405 g/mol. The molecule has 0 atom stereocenters. The standard InChI is InChI=1S/C23H23N3O2S/c1-5-15-9-7-10-16(6-2)19(15)25-22(27)20-13(3)18-14(4)24-21(26-23(18)29-20)17-11-8-12-28-17/h7-12H,5-6H2,1-4H3,(H,25,27). The predicted octanol–water partition coefficient (Wildman–Crippen LogP) is 5.95. The Hall–Kier alpha value is -2.99. The number of fused-ring (bicyclic) bond motifs is 1. The van der Waals surface area contributed by atoms with Crippen molar-refractivity contribution in [1.82, 2.24) is 9.97 Å². The third kappa shape index (κ3) is 3.44. The summed E-state index contributed by atoms with van der Waals surface area (Å²) in [5, 5.41) is 4.11. The summed E-state index contributed by atoms with van der Waals surface area (Å²) in [5.74, 6) is 1.06.